The zero-order valence-corrected chi connectivity index (χ0v) is 9.37. The van der Waals surface area contributed by atoms with Crippen LogP contribution < -0.4 is 11.1 Å². The first-order chi connectivity index (χ1) is 7.27. The van der Waals surface area contributed by atoms with Crippen LogP contribution in [0.4, 0.5) is 0 Å². The zero-order chi connectivity index (χ0) is 10.7. The molecule has 1 heterocycles. The Morgan fingerprint density at radius 1 is 1.20 bits per heavy atom. The van der Waals surface area contributed by atoms with E-state index in [1.807, 2.05) is 0 Å². The lowest BCUT2D eigenvalue weighted by molar-refractivity contribution is 0.322. The highest BCUT2D eigenvalue weighted by Crippen LogP contribution is 2.26. The molecule has 1 unspecified atom stereocenters. The predicted molar refractivity (Wildman–Crippen MR) is 63.7 cm³/mol. The Morgan fingerprint density at radius 3 is 2.40 bits per heavy atom. The molecule has 1 atom stereocenters. The minimum absolute atomic E-state index is 0.215. The van der Waals surface area contributed by atoms with Crippen molar-refractivity contribution in [1.29, 1.82) is 0 Å². The standard InChI is InChI=1S/C13H20N2/c1-10-2-4-11(5-3-10)13(14)12-6-8-15-9-7-12/h2-5,12-13,15H,6-9,14H2,1H3. The van der Waals surface area contributed by atoms with Gasteiger partial charge in [-0.05, 0) is 44.3 Å². The average Bonchev–Trinajstić information content (AvgIpc) is 2.30. The number of nitrogens with one attached hydrogen (secondary N) is 1. The Bertz CT molecular complexity index is 299. The maximum atomic E-state index is 6.29. The van der Waals surface area contributed by atoms with Crippen LogP contribution >= 0.6 is 0 Å². The normalized spacial score (nSPS) is 20.1. The molecule has 0 saturated carbocycles. The van der Waals surface area contributed by atoms with Gasteiger partial charge in [-0.2, -0.15) is 0 Å². The smallest absolute Gasteiger partial charge is 0.0324 e. The van der Waals surface area contributed by atoms with Gasteiger partial charge in [-0.15, -0.1) is 0 Å². The summed E-state index contributed by atoms with van der Waals surface area (Å²) in [6.45, 7) is 4.34. The van der Waals surface area contributed by atoms with E-state index in [1.165, 1.54) is 24.0 Å². The number of aryl methyl sites for hydroxylation is 1. The van der Waals surface area contributed by atoms with Gasteiger partial charge in [0.2, 0.25) is 0 Å². The summed E-state index contributed by atoms with van der Waals surface area (Å²) in [5.74, 6) is 0.647. The lowest BCUT2D eigenvalue weighted by Crippen LogP contribution is -2.33. The van der Waals surface area contributed by atoms with Crippen molar-refractivity contribution < 1.29 is 0 Å². The third-order valence-corrected chi connectivity index (χ3v) is 3.35. The van der Waals surface area contributed by atoms with Crippen LogP contribution in [-0.2, 0) is 0 Å². The molecule has 0 aromatic heterocycles. The second-order valence-electron chi connectivity index (χ2n) is 4.52. The van der Waals surface area contributed by atoms with Crippen LogP contribution in [0.3, 0.4) is 0 Å². The summed E-state index contributed by atoms with van der Waals surface area (Å²) >= 11 is 0. The second-order valence-corrected chi connectivity index (χ2v) is 4.52. The topological polar surface area (TPSA) is 38.0 Å². The van der Waals surface area contributed by atoms with Crippen molar-refractivity contribution in [2.45, 2.75) is 25.8 Å². The van der Waals surface area contributed by atoms with Crippen LogP contribution in [0.5, 0.6) is 0 Å². The van der Waals surface area contributed by atoms with Gasteiger partial charge < -0.3 is 11.1 Å². The van der Waals surface area contributed by atoms with Crippen LogP contribution in [0, 0.1) is 12.8 Å². The molecule has 2 rings (SSSR count). The summed E-state index contributed by atoms with van der Waals surface area (Å²) < 4.78 is 0. The fraction of sp³-hybridized carbons (Fsp3) is 0.538. The maximum Gasteiger partial charge on any atom is 0.0324 e. The van der Waals surface area contributed by atoms with Crippen molar-refractivity contribution in [3.8, 4) is 0 Å². The molecule has 1 aromatic rings. The molecule has 15 heavy (non-hydrogen) atoms. The second kappa shape index (κ2) is 4.77. The molecule has 1 fully saturated rings. The molecule has 0 radical (unpaired) electrons. The summed E-state index contributed by atoms with van der Waals surface area (Å²) in [7, 11) is 0. The van der Waals surface area contributed by atoms with Crippen LogP contribution in [0.25, 0.3) is 0 Å². The summed E-state index contributed by atoms with van der Waals surface area (Å²) in [5.41, 5.74) is 8.88. The summed E-state index contributed by atoms with van der Waals surface area (Å²) in [5, 5.41) is 3.37. The van der Waals surface area contributed by atoms with Gasteiger partial charge in [-0.25, -0.2) is 0 Å². The van der Waals surface area contributed by atoms with E-state index in [0.717, 1.165) is 13.1 Å². The highest BCUT2D eigenvalue weighted by molar-refractivity contribution is 5.24. The fourth-order valence-electron chi connectivity index (χ4n) is 2.26. The molecule has 1 aliphatic heterocycles. The average molecular weight is 204 g/mol. The molecular formula is C13H20N2. The Morgan fingerprint density at radius 2 is 1.80 bits per heavy atom. The number of piperidine rings is 1. The monoisotopic (exact) mass is 204 g/mol. The van der Waals surface area contributed by atoms with Gasteiger partial charge in [-0.1, -0.05) is 29.8 Å². The summed E-state index contributed by atoms with van der Waals surface area (Å²) in [6, 6.07) is 8.85. The quantitative estimate of drug-likeness (QED) is 0.773. The molecule has 3 N–H and O–H groups in total. The summed E-state index contributed by atoms with van der Waals surface area (Å²) in [6.07, 6.45) is 2.41. The van der Waals surface area contributed by atoms with E-state index in [2.05, 4.69) is 36.5 Å². The van der Waals surface area contributed by atoms with Crippen molar-refractivity contribution in [3.63, 3.8) is 0 Å². The third kappa shape index (κ3) is 2.58. The lowest BCUT2D eigenvalue weighted by Gasteiger charge is -2.28. The molecule has 82 valence electrons. The lowest BCUT2D eigenvalue weighted by atomic mass is 9.86. The molecule has 0 bridgehead atoms. The predicted octanol–water partition coefficient (Wildman–Crippen LogP) is 1.99. The molecule has 2 nitrogen and oxygen atoms in total. The molecule has 2 heteroatoms. The highest BCUT2D eigenvalue weighted by atomic mass is 14.9. The Kier molecular flexibility index (Phi) is 3.39. The van der Waals surface area contributed by atoms with E-state index in [0.29, 0.717) is 5.92 Å². The van der Waals surface area contributed by atoms with Crippen molar-refractivity contribution in [2.75, 3.05) is 13.1 Å². The number of hydrogen-bond acceptors (Lipinski definition) is 2. The SMILES string of the molecule is Cc1ccc(C(N)C2CCNCC2)cc1. The van der Waals surface area contributed by atoms with E-state index < -0.39 is 0 Å². The van der Waals surface area contributed by atoms with Crippen molar-refractivity contribution in [3.05, 3.63) is 35.4 Å². The third-order valence-electron chi connectivity index (χ3n) is 3.35. The van der Waals surface area contributed by atoms with Gasteiger partial charge in [-0.3, -0.25) is 0 Å². The number of hydrogen-bond donors (Lipinski definition) is 2. The Labute approximate surface area is 91.9 Å². The first kappa shape index (κ1) is 10.7. The molecular weight excluding hydrogens is 184 g/mol. The van der Waals surface area contributed by atoms with Gasteiger partial charge in [0.15, 0.2) is 0 Å². The molecule has 1 aromatic carbocycles. The molecule has 0 amide bonds. The van der Waals surface area contributed by atoms with Crippen molar-refractivity contribution >= 4 is 0 Å². The van der Waals surface area contributed by atoms with Crippen LogP contribution in [0.1, 0.15) is 30.0 Å². The fourth-order valence-corrected chi connectivity index (χ4v) is 2.26. The van der Waals surface area contributed by atoms with E-state index in [-0.39, 0.29) is 6.04 Å². The summed E-state index contributed by atoms with van der Waals surface area (Å²) in [4.78, 5) is 0. The minimum Gasteiger partial charge on any atom is -0.324 e. The number of benzene rings is 1. The van der Waals surface area contributed by atoms with Crippen molar-refractivity contribution in [2.24, 2.45) is 11.7 Å². The zero-order valence-electron chi connectivity index (χ0n) is 9.37. The number of nitrogens with two attached hydrogens (primary N) is 1. The molecule has 1 saturated heterocycles. The minimum atomic E-state index is 0.215. The highest BCUT2D eigenvalue weighted by Gasteiger charge is 2.21. The molecule has 0 aliphatic carbocycles. The Balaban J connectivity index is 2.05. The van der Waals surface area contributed by atoms with E-state index >= 15 is 0 Å². The van der Waals surface area contributed by atoms with Crippen LogP contribution in [-0.4, -0.2) is 13.1 Å². The van der Waals surface area contributed by atoms with Crippen LogP contribution in [0.2, 0.25) is 0 Å². The maximum absolute atomic E-state index is 6.29. The largest absolute Gasteiger partial charge is 0.324 e. The van der Waals surface area contributed by atoms with Crippen molar-refractivity contribution in [1.82, 2.24) is 5.32 Å². The van der Waals surface area contributed by atoms with Gasteiger partial charge in [0.25, 0.3) is 0 Å². The van der Waals surface area contributed by atoms with E-state index in [9.17, 15) is 0 Å². The van der Waals surface area contributed by atoms with E-state index in [1.54, 1.807) is 0 Å². The van der Waals surface area contributed by atoms with E-state index in [4.69, 9.17) is 5.73 Å². The van der Waals surface area contributed by atoms with Crippen LogP contribution in [0.15, 0.2) is 24.3 Å². The van der Waals surface area contributed by atoms with Gasteiger partial charge in [0.05, 0.1) is 0 Å². The van der Waals surface area contributed by atoms with Gasteiger partial charge >= 0.3 is 0 Å². The van der Waals surface area contributed by atoms with Gasteiger partial charge in [0, 0.05) is 6.04 Å². The first-order valence-electron chi connectivity index (χ1n) is 5.80. The molecule has 0 spiro atoms. The first-order valence-corrected chi connectivity index (χ1v) is 5.80. The Hall–Kier alpha value is -0.860. The molecule has 1 aliphatic rings. The number of rotatable bonds is 2. The van der Waals surface area contributed by atoms with Gasteiger partial charge in [0.1, 0.15) is 0 Å².